The smallest absolute Gasteiger partial charge is 0.225 e. The molecule has 0 aromatic rings. The molecule has 0 atom stereocenters. The highest BCUT2D eigenvalue weighted by Gasteiger charge is 2.34. The molecule has 1 saturated carbocycles. The van der Waals surface area contributed by atoms with E-state index >= 15 is 0 Å². The van der Waals surface area contributed by atoms with Gasteiger partial charge in [0.1, 0.15) is 0 Å². The highest BCUT2D eigenvalue weighted by Crippen LogP contribution is 2.32. The summed E-state index contributed by atoms with van der Waals surface area (Å²) in [6, 6.07) is 0. The van der Waals surface area contributed by atoms with Crippen LogP contribution in [0.5, 0.6) is 0 Å². The van der Waals surface area contributed by atoms with Crippen LogP contribution in [0.4, 0.5) is 0 Å². The second-order valence-electron chi connectivity index (χ2n) is 5.40. The Morgan fingerprint density at radius 3 is 2.12 bits per heavy atom. The van der Waals surface area contributed by atoms with Gasteiger partial charge in [0.2, 0.25) is 5.91 Å². The fraction of sp³-hybridized carbons (Fsp3) is 0.923. The first-order valence-corrected chi connectivity index (χ1v) is 6.70. The molecular weight excluding hydrogens is 202 g/mol. The number of amides is 1. The van der Waals surface area contributed by atoms with Crippen LogP contribution in [-0.4, -0.2) is 34.6 Å². The van der Waals surface area contributed by atoms with Crippen molar-refractivity contribution < 1.29 is 9.90 Å². The maximum atomic E-state index is 12.1. The minimum atomic E-state index is -0.677. The van der Waals surface area contributed by atoms with Crippen molar-refractivity contribution in [1.29, 1.82) is 0 Å². The summed E-state index contributed by atoms with van der Waals surface area (Å²) in [5, 5.41) is 10.2. The number of carbonyl (C=O) groups is 1. The first-order chi connectivity index (χ1) is 7.70. The van der Waals surface area contributed by atoms with Crippen molar-refractivity contribution >= 4 is 5.91 Å². The Morgan fingerprint density at radius 1 is 1.00 bits per heavy atom. The van der Waals surface area contributed by atoms with E-state index in [0.29, 0.717) is 6.42 Å². The van der Waals surface area contributed by atoms with Crippen molar-refractivity contribution in [3.8, 4) is 0 Å². The van der Waals surface area contributed by atoms with Crippen LogP contribution in [0.1, 0.15) is 57.8 Å². The maximum absolute atomic E-state index is 12.1. The molecule has 0 aromatic heterocycles. The lowest BCUT2D eigenvalue weighted by atomic mass is 9.97. The molecule has 2 rings (SSSR count). The van der Waals surface area contributed by atoms with Gasteiger partial charge in [-0.2, -0.15) is 0 Å². The maximum Gasteiger partial charge on any atom is 0.225 e. The van der Waals surface area contributed by atoms with Crippen LogP contribution in [0, 0.1) is 0 Å². The van der Waals surface area contributed by atoms with Gasteiger partial charge in [-0.05, 0) is 25.7 Å². The lowest BCUT2D eigenvalue weighted by Gasteiger charge is -2.26. The summed E-state index contributed by atoms with van der Waals surface area (Å²) in [7, 11) is 0. The molecule has 16 heavy (non-hydrogen) atoms. The molecule has 1 N–H and O–H groups in total. The van der Waals surface area contributed by atoms with Crippen molar-refractivity contribution in [1.82, 2.24) is 4.90 Å². The molecule has 3 heteroatoms. The van der Waals surface area contributed by atoms with E-state index in [2.05, 4.69) is 0 Å². The Labute approximate surface area is 97.8 Å². The van der Waals surface area contributed by atoms with E-state index in [9.17, 15) is 9.90 Å². The molecule has 3 nitrogen and oxygen atoms in total. The summed E-state index contributed by atoms with van der Waals surface area (Å²) in [5.74, 6) is 0.173. The van der Waals surface area contributed by atoms with E-state index in [-0.39, 0.29) is 5.91 Å². The second-order valence-corrected chi connectivity index (χ2v) is 5.40. The van der Waals surface area contributed by atoms with E-state index in [1.165, 1.54) is 12.8 Å². The van der Waals surface area contributed by atoms with Gasteiger partial charge in [-0.15, -0.1) is 0 Å². The van der Waals surface area contributed by atoms with Gasteiger partial charge >= 0.3 is 0 Å². The summed E-state index contributed by atoms with van der Waals surface area (Å²) in [4.78, 5) is 14.0. The summed E-state index contributed by atoms with van der Waals surface area (Å²) < 4.78 is 0. The predicted octanol–water partition coefficient (Wildman–Crippen LogP) is 2.08. The molecule has 0 bridgehead atoms. The number of likely N-dealkylation sites (tertiary alicyclic amines) is 1. The van der Waals surface area contributed by atoms with Crippen LogP contribution >= 0.6 is 0 Å². The molecule has 92 valence electrons. The summed E-state index contributed by atoms with van der Waals surface area (Å²) in [5.41, 5.74) is -0.677. The van der Waals surface area contributed by atoms with E-state index in [4.69, 9.17) is 0 Å². The third kappa shape index (κ3) is 2.97. The monoisotopic (exact) mass is 225 g/mol. The number of aliphatic hydroxyl groups is 1. The molecule has 1 amide bonds. The summed E-state index contributed by atoms with van der Waals surface area (Å²) in [6.07, 6.45) is 8.87. The van der Waals surface area contributed by atoms with Crippen LogP contribution in [0.2, 0.25) is 0 Å². The van der Waals surface area contributed by atoms with Crippen molar-refractivity contribution in [2.45, 2.75) is 63.4 Å². The number of rotatable bonds is 2. The highest BCUT2D eigenvalue weighted by molar-refractivity contribution is 5.77. The Bertz CT molecular complexity index is 238. The average molecular weight is 225 g/mol. The van der Waals surface area contributed by atoms with Gasteiger partial charge in [-0.3, -0.25) is 4.79 Å². The minimum Gasteiger partial charge on any atom is -0.389 e. The number of nitrogens with zero attached hydrogens (tertiary/aromatic N) is 1. The standard InChI is InChI=1S/C13H23NO2/c15-12(11-13(16)7-3-4-8-13)14-9-5-1-2-6-10-14/h16H,1-11H2. The summed E-state index contributed by atoms with van der Waals surface area (Å²) in [6.45, 7) is 1.80. The molecule has 2 aliphatic rings. The van der Waals surface area contributed by atoms with Crippen LogP contribution in [0.25, 0.3) is 0 Å². The van der Waals surface area contributed by atoms with Crippen molar-refractivity contribution in [2.24, 2.45) is 0 Å². The zero-order valence-corrected chi connectivity index (χ0v) is 10.1. The number of hydrogen-bond acceptors (Lipinski definition) is 2. The quantitative estimate of drug-likeness (QED) is 0.781. The third-order valence-electron chi connectivity index (χ3n) is 3.97. The van der Waals surface area contributed by atoms with Crippen molar-refractivity contribution in [3.05, 3.63) is 0 Å². The number of hydrogen-bond donors (Lipinski definition) is 1. The van der Waals surface area contributed by atoms with Gasteiger partial charge in [-0.25, -0.2) is 0 Å². The Hall–Kier alpha value is -0.570. The second kappa shape index (κ2) is 5.17. The van der Waals surface area contributed by atoms with Crippen molar-refractivity contribution in [2.75, 3.05) is 13.1 Å². The van der Waals surface area contributed by atoms with Gasteiger partial charge in [0.05, 0.1) is 12.0 Å². The zero-order valence-electron chi connectivity index (χ0n) is 10.1. The van der Waals surface area contributed by atoms with Gasteiger partial charge in [0.25, 0.3) is 0 Å². The Morgan fingerprint density at radius 2 is 1.56 bits per heavy atom. The molecule has 1 aliphatic carbocycles. The van der Waals surface area contributed by atoms with Gasteiger partial charge < -0.3 is 10.0 Å². The molecule has 0 radical (unpaired) electrons. The first-order valence-electron chi connectivity index (χ1n) is 6.70. The molecule has 1 aliphatic heterocycles. The summed E-state index contributed by atoms with van der Waals surface area (Å²) >= 11 is 0. The third-order valence-corrected chi connectivity index (χ3v) is 3.97. The molecule has 1 heterocycles. The van der Waals surface area contributed by atoms with Crippen molar-refractivity contribution in [3.63, 3.8) is 0 Å². The molecule has 0 spiro atoms. The van der Waals surface area contributed by atoms with Crippen LogP contribution < -0.4 is 0 Å². The first kappa shape index (κ1) is 11.9. The molecular formula is C13H23NO2. The van der Waals surface area contributed by atoms with Crippen LogP contribution in [0.3, 0.4) is 0 Å². The molecule has 0 aromatic carbocycles. The molecule has 1 saturated heterocycles. The van der Waals surface area contributed by atoms with Gasteiger partial charge in [0, 0.05) is 13.1 Å². The lowest BCUT2D eigenvalue weighted by molar-refractivity contribution is -0.136. The fourth-order valence-corrected chi connectivity index (χ4v) is 2.92. The lowest BCUT2D eigenvalue weighted by Crippen LogP contribution is -2.38. The van der Waals surface area contributed by atoms with E-state index in [0.717, 1.165) is 51.6 Å². The topological polar surface area (TPSA) is 40.5 Å². The van der Waals surface area contributed by atoms with E-state index < -0.39 is 5.60 Å². The molecule has 2 fully saturated rings. The molecule has 0 unspecified atom stereocenters. The van der Waals surface area contributed by atoms with E-state index in [1.54, 1.807) is 0 Å². The van der Waals surface area contributed by atoms with Gasteiger partial charge in [0.15, 0.2) is 0 Å². The number of carbonyl (C=O) groups excluding carboxylic acids is 1. The Kier molecular flexibility index (Phi) is 3.85. The van der Waals surface area contributed by atoms with Crippen LogP contribution in [-0.2, 0) is 4.79 Å². The largest absolute Gasteiger partial charge is 0.389 e. The fourth-order valence-electron chi connectivity index (χ4n) is 2.92. The normalized spacial score (nSPS) is 25.4. The van der Waals surface area contributed by atoms with E-state index in [1.807, 2.05) is 4.90 Å². The van der Waals surface area contributed by atoms with Crippen LogP contribution in [0.15, 0.2) is 0 Å². The average Bonchev–Trinajstić information content (AvgIpc) is 2.56. The highest BCUT2D eigenvalue weighted by atomic mass is 16.3. The predicted molar refractivity (Wildman–Crippen MR) is 63.1 cm³/mol. The zero-order chi connectivity index (χ0) is 11.4. The SMILES string of the molecule is O=C(CC1(O)CCCC1)N1CCCCCC1. The van der Waals surface area contributed by atoms with Gasteiger partial charge in [-0.1, -0.05) is 25.7 Å². The Balaban J connectivity index is 1.86. The minimum absolute atomic E-state index is 0.173.